The monoisotopic (exact) mass is 416 g/mol. The topological polar surface area (TPSA) is 57.7 Å². The third kappa shape index (κ3) is 4.48. The zero-order valence-corrected chi connectivity index (χ0v) is 17.5. The third-order valence-electron chi connectivity index (χ3n) is 4.66. The van der Waals surface area contributed by atoms with Gasteiger partial charge in [0.05, 0.1) is 10.5 Å². The van der Waals surface area contributed by atoms with Crippen molar-refractivity contribution in [2.24, 2.45) is 0 Å². The molecular weight excluding hydrogens is 392 g/mol. The minimum atomic E-state index is -3.53. The summed E-state index contributed by atoms with van der Waals surface area (Å²) in [5.74, 6) is 0.673. The molecular formula is C21H24N2O3S2. The first-order valence-electron chi connectivity index (χ1n) is 9.12. The first kappa shape index (κ1) is 20.6. The van der Waals surface area contributed by atoms with Crippen molar-refractivity contribution in [2.45, 2.75) is 16.7 Å². The van der Waals surface area contributed by atoms with Gasteiger partial charge in [0.2, 0.25) is 10.0 Å². The largest absolute Gasteiger partial charge is 0.336 e. The number of piperazine rings is 1. The number of rotatable bonds is 6. The molecule has 7 heteroatoms. The normalized spacial score (nSPS) is 15.4. The first-order chi connectivity index (χ1) is 13.4. The molecule has 0 bridgehead atoms. The Hall–Kier alpha value is -2.09. The van der Waals surface area contributed by atoms with Crippen LogP contribution < -0.4 is 0 Å². The SMILES string of the molecule is C=CCSc1ccccc1C(=O)N1CCN(S(=O)(=O)c2ccc(C)cc2)CC1. The highest BCUT2D eigenvalue weighted by atomic mass is 32.2. The van der Waals surface area contributed by atoms with Gasteiger partial charge in [-0.1, -0.05) is 35.9 Å². The molecule has 5 nitrogen and oxygen atoms in total. The van der Waals surface area contributed by atoms with Gasteiger partial charge >= 0.3 is 0 Å². The van der Waals surface area contributed by atoms with E-state index in [0.717, 1.165) is 16.2 Å². The molecule has 0 unspecified atom stereocenters. The van der Waals surface area contributed by atoms with Crippen LogP contribution in [0.2, 0.25) is 0 Å². The van der Waals surface area contributed by atoms with Crippen molar-refractivity contribution in [3.05, 3.63) is 72.3 Å². The number of amides is 1. The van der Waals surface area contributed by atoms with E-state index >= 15 is 0 Å². The van der Waals surface area contributed by atoms with Crippen molar-refractivity contribution in [3.63, 3.8) is 0 Å². The van der Waals surface area contributed by atoms with E-state index in [1.165, 1.54) is 4.31 Å². The molecule has 1 heterocycles. The molecule has 0 aromatic heterocycles. The number of aryl methyl sites for hydroxylation is 1. The second-order valence-electron chi connectivity index (χ2n) is 6.61. The summed E-state index contributed by atoms with van der Waals surface area (Å²) in [7, 11) is -3.53. The van der Waals surface area contributed by atoms with E-state index < -0.39 is 10.0 Å². The summed E-state index contributed by atoms with van der Waals surface area (Å²) in [6, 6.07) is 14.4. The number of carbonyl (C=O) groups is 1. The fraction of sp³-hybridized carbons (Fsp3) is 0.286. The zero-order valence-electron chi connectivity index (χ0n) is 15.9. The van der Waals surface area contributed by atoms with Crippen LogP contribution in [0.1, 0.15) is 15.9 Å². The van der Waals surface area contributed by atoms with Gasteiger partial charge in [-0.05, 0) is 31.2 Å². The Bertz CT molecular complexity index is 948. The van der Waals surface area contributed by atoms with Gasteiger partial charge in [-0.15, -0.1) is 18.3 Å². The average Bonchev–Trinajstić information content (AvgIpc) is 2.72. The van der Waals surface area contributed by atoms with Crippen LogP contribution in [-0.2, 0) is 10.0 Å². The number of carbonyl (C=O) groups excluding carboxylic acids is 1. The van der Waals surface area contributed by atoms with Crippen LogP contribution in [0.4, 0.5) is 0 Å². The quantitative estimate of drug-likeness (QED) is 0.535. The molecule has 1 fully saturated rings. The number of thioether (sulfide) groups is 1. The fourth-order valence-corrected chi connectivity index (χ4v) is 5.28. The summed E-state index contributed by atoms with van der Waals surface area (Å²) in [4.78, 5) is 15.9. The van der Waals surface area contributed by atoms with Gasteiger partial charge in [-0.25, -0.2) is 8.42 Å². The van der Waals surface area contributed by atoms with Gasteiger partial charge in [0, 0.05) is 36.8 Å². The summed E-state index contributed by atoms with van der Waals surface area (Å²) in [6.45, 7) is 6.99. The van der Waals surface area contributed by atoms with Crippen molar-refractivity contribution < 1.29 is 13.2 Å². The summed E-state index contributed by atoms with van der Waals surface area (Å²) in [6.07, 6.45) is 1.81. The summed E-state index contributed by atoms with van der Waals surface area (Å²) in [5, 5.41) is 0. The van der Waals surface area contributed by atoms with Gasteiger partial charge in [0.25, 0.3) is 5.91 Å². The van der Waals surface area contributed by atoms with Gasteiger partial charge in [0.1, 0.15) is 0 Å². The second kappa shape index (κ2) is 8.94. The molecule has 2 aromatic carbocycles. The highest BCUT2D eigenvalue weighted by Crippen LogP contribution is 2.25. The zero-order chi connectivity index (χ0) is 20.1. The lowest BCUT2D eigenvalue weighted by molar-refractivity contribution is 0.0694. The molecule has 0 aliphatic carbocycles. The maximum atomic E-state index is 13.0. The molecule has 2 aromatic rings. The van der Waals surface area contributed by atoms with E-state index in [0.29, 0.717) is 36.6 Å². The summed E-state index contributed by atoms with van der Waals surface area (Å²) < 4.78 is 27.1. The van der Waals surface area contributed by atoms with E-state index in [1.54, 1.807) is 47.0 Å². The van der Waals surface area contributed by atoms with Crippen LogP contribution in [0.3, 0.4) is 0 Å². The fourth-order valence-electron chi connectivity index (χ4n) is 3.08. The van der Waals surface area contributed by atoms with Crippen LogP contribution in [-0.4, -0.2) is 55.5 Å². The Kier molecular flexibility index (Phi) is 6.59. The maximum absolute atomic E-state index is 13.0. The molecule has 1 aliphatic rings. The van der Waals surface area contributed by atoms with Crippen molar-refractivity contribution in [3.8, 4) is 0 Å². The van der Waals surface area contributed by atoms with Crippen molar-refractivity contribution in [1.29, 1.82) is 0 Å². The minimum Gasteiger partial charge on any atom is -0.336 e. The lowest BCUT2D eigenvalue weighted by Gasteiger charge is -2.34. The summed E-state index contributed by atoms with van der Waals surface area (Å²) >= 11 is 1.57. The highest BCUT2D eigenvalue weighted by Gasteiger charge is 2.30. The Balaban J connectivity index is 1.69. The van der Waals surface area contributed by atoms with Gasteiger partial charge < -0.3 is 4.90 Å². The van der Waals surface area contributed by atoms with E-state index in [-0.39, 0.29) is 5.91 Å². The van der Waals surface area contributed by atoms with Gasteiger partial charge in [-0.2, -0.15) is 4.31 Å². The van der Waals surface area contributed by atoms with Crippen LogP contribution in [0.15, 0.2) is 71.0 Å². The van der Waals surface area contributed by atoms with Crippen molar-refractivity contribution in [1.82, 2.24) is 9.21 Å². The number of hydrogen-bond donors (Lipinski definition) is 0. The standard InChI is InChI=1S/C21H24N2O3S2/c1-3-16-27-20-7-5-4-6-19(20)21(24)22-12-14-23(15-13-22)28(25,26)18-10-8-17(2)9-11-18/h3-11H,1,12-16H2,2H3. The minimum absolute atomic E-state index is 0.0560. The Morgan fingerprint density at radius 3 is 2.36 bits per heavy atom. The number of hydrogen-bond acceptors (Lipinski definition) is 4. The lowest BCUT2D eigenvalue weighted by Crippen LogP contribution is -2.50. The molecule has 28 heavy (non-hydrogen) atoms. The van der Waals surface area contributed by atoms with E-state index in [9.17, 15) is 13.2 Å². The smallest absolute Gasteiger partial charge is 0.255 e. The Labute approximate surface area is 171 Å². The summed E-state index contributed by atoms with van der Waals surface area (Å²) in [5.41, 5.74) is 1.67. The predicted molar refractivity (Wildman–Crippen MR) is 113 cm³/mol. The maximum Gasteiger partial charge on any atom is 0.255 e. The van der Waals surface area contributed by atoms with E-state index in [2.05, 4.69) is 6.58 Å². The van der Waals surface area contributed by atoms with Gasteiger partial charge in [0.15, 0.2) is 0 Å². The molecule has 0 spiro atoms. The molecule has 3 rings (SSSR count). The van der Waals surface area contributed by atoms with E-state index in [1.807, 2.05) is 31.2 Å². The van der Waals surface area contributed by atoms with Crippen LogP contribution >= 0.6 is 11.8 Å². The third-order valence-corrected chi connectivity index (χ3v) is 7.64. The Morgan fingerprint density at radius 2 is 1.71 bits per heavy atom. The highest BCUT2D eigenvalue weighted by molar-refractivity contribution is 7.99. The molecule has 0 saturated carbocycles. The molecule has 0 N–H and O–H groups in total. The molecule has 0 radical (unpaired) electrons. The lowest BCUT2D eigenvalue weighted by atomic mass is 10.2. The second-order valence-corrected chi connectivity index (χ2v) is 9.60. The van der Waals surface area contributed by atoms with Crippen LogP contribution in [0, 0.1) is 6.92 Å². The number of benzene rings is 2. The number of nitrogens with zero attached hydrogens (tertiary/aromatic N) is 2. The first-order valence-corrected chi connectivity index (χ1v) is 11.5. The van der Waals surface area contributed by atoms with Crippen LogP contribution in [0.25, 0.3) is 0 Å². The van der Waals surface area contributed by atoms with Crippen molar-refractivity contribution in [2.75, 3.05) is 31.9 Å². The average molecular weight is 417 g/mol. The van der Waals surface area contributed by atoms with Crippen molar-refractivity contribution >= 4 is 27.7 Å². The predicted octanol–water partition coefficient (Wildman–Crippen LogP) is 3.42. The van der Waals surface area contributed by atoms with E-state index in [4.69, 9.17) is 0 Å². The molecule has 1 saturated heterocycles. The number of sulfonamides is 1. The molecule has 1 aliphatic heterocycles. The molecule has 0 atom stereocenters. The molecule has 1 amide bonds. The van der Waals surface area contributed by atoms with Crippen LogP contribution in [0.5, 0.6) is 0 Å². The van der Waals surface area contributed by atoms with Gasteiger partial charge in [-0.3, -0.25) is 4.79 Å². The Morgan fingerprint density at radius 1 is 1.07 bits per heavy atom. The molecule has 148 valence electrons.